The van der Waals surface area contributed by atoms with Crippen molar-refractivity contribution < 1.29 is 9.90 Å². The van der Waals surface area contributed by atoms with Crippen LogP contribution in [0.1, 0.15) is 45.0 Å². The van der Waals surface area contributed by atoms with E-state index in [1.807, 2.05) is 6.92 Å². The average molecular weight is 283 g/mol. The Morgan fingerprint density at radius 2 is 2.16 bits per heavy atom. The van der Waals surface area contributed by atoms with E-state index in [0.717, 1.165) is 23.3 Å². The summed E-state index contributed by atoms with van der Waals surface area (Å²) in [5.41, 5.74) is 0. The first kappa shape index (κ1) is 14.4. The number of carboxylic acid groups (broad SMARTS) is 1. The largest absolute Gasteiger partial charge is 0.481 e. The third-order valence-corrected chi connectivity index (χ3v) is 4.81. The summed E-state index contributed by atoms with van der Waals surface area (Å²) in [5.74, 6) is 1.47. The molecular formula is C13H21N3O2S. The van der Waals surface area contributed by atoms with Gasteiger partial charge in [0.25, 0.3) is 0 Å². The first-order valence-corrected chi connectivity index (χ1v) is 7.73. The number of hydrogen-bond acceptors (Lipinski definition) is 4. The van der Waals surface area contributed by atoms with Gasteiger partial charge < -0.3 is 9.67 Å². The quantitative estimate of drug-likeness (QED) is 0.861. The van der Waals surface area contributed by atoms with Crippen LogP contribution in [0.5, 0.6) is 0 Å². The molecule has 3 atom stereocenters. The minimum atomic E-state index is -0.817. The second-order valence-electron chi connectivity index (χ2n) is 5.55. The SMILES string of the molecule is Cc1nnc(SCC(=O)O)n1C1CCC(C)CC1C. The Morgan fingerprint density at radius 3 is 2.79 bits per heavy atom. The monoisotopic (exact) mass is 283 g/mol. The predicted molar refractivity (Wildman–Crippen MR) is 74.3 cm³/mol. The van der Waals surface area contributed by atoms with Gasteiger partial charge in [0, 0.05) is 6.04 Å². The summed E-state index contributed by atoms with van der Waals surface area (Å²) < 4.78 is 2.14. The van der Waals surface area contributed by atoms with Gasteiger partial charge in [-0.1, -0.05) is 25.6 Å². The van der Waals surface area contributed by atoms with Crippen LogP contribution in [0.25, 0.3) is 0 Å². The lowest BCUT2D eigenvalue weighted by Crippen LogP contribution is -2.26. The molecule has 1 saturated carbocycles. The zero-order valence-electron chi connectivity index (χ0n) is 11.7. The van der Waals surface area contributed by atoms with Crippen LogP contribution in [-0.4, -0.2) is 31.6 Å². The molecule has 1 N–H and O–H groups in total. The first-order valence-electron chi connectivity index (χ1n) is 6.75. The molecule has 3 unspecified atom stereocenters. The lowest BCUT2D eigenvalue weighted by molar-refractivity contribution is -0.133. The molecule has 5 nitrogen and oxygen atoms in total. The van der Waals surface area contributed by atoms with Gasteiger partial charge in [-0.05, 0) is 38.0 Å². The van der Waals surface area contributed by atoms with E-state index in [9.17, 15) is 4.79 Å². The van der Waals surface area contributed by atoms with Crippen molar-refractivity contribution in [2.45, 2.75) is 51.2 Å². The van der Waals surface area contributed by atoms with Crippen LogP contribution in [0.3, 0.4) is 0 Å². The number of rotatable bonds is 4. The molecule has 0 aliphatic heterocycles. The Kier molecular flexibility index (Phi) is 4.50. The van der Waals surface area contributed by atoms with Crippen LogP contribution in [0.15, 0.2) is 5.16 Å². The zero-order valence-corrected chi connectivity index (χ0v) is 12.5. The summed E-state index contributed by atoms with van der Waals surface area (Å²) in [5, 5.41) is 17.8. The number of aromatic nitrogens is 3. The fourth-order valence-electron chi connectivity index (χ4n) is 2.99. The van der Waals surface area contributed by atoms with Crippen LogP contribution < -0.4 is 0 Å². The molecule has 19 heavy (non-hydrogen) atoms. The summed E-state index contributed by atoms with van der Waals surface area (Å²) in [6, 6.07) is 0.405. The number of thioether (sulfide) groups is 1. The molecule has 0 bridgehead atoms. The highest BCUT2D eigenvalue weighted by Crippen LogP contribution is 2.39. The molecular weight excluding hydrogens is 262 g/mol. The number of aryl methyl sites for hydroxylation is 1. The molecule has 1 aromatic heterocycles. The molecule has 106 valence electrons. The first-order chi connectivity index (χ1) is 8.99. The molecule has 0 radical (unpaired) electrons. The highest BCUT2D eigenvalue weighted by atomic mass is 32.2. The molecule has 1 heterocycles. The van der Waals surface area contributed by atoms with Crippen LogP contribution >= 0.6 is 11.8 Å². The van der Waals surface area contributed by atoms with Gasteiger partial charge in [-0.25, -0.2) is 0 Å². The molecule has 1 fully saturated rings. The molecule has 1 aliphatic rings. The minimum absolute atomic E-state index is 0.0373. The third kappa shape index (κ3) is 3.29. The van der Waals surface area contributed by atoms with Gasteiger partial charge in [0.2, 0.25) is 0 Å². The lowest BCUT2D eigenvalue weighted by Gasteiger charge is -2.34. The topological polar surface area (TPSA) is 68.0 Å². The van der Waals surface area contributed by atoms with Gasteiger partial charge in [-0.15, -0.1) is 10.2 Å². The van der Waals surface area contributed by atoms with Crippen LogP contribution in [0, 0.1) is 18.8 Å². The van der Waals surface area contributed by atoms with E-state index in [2.05, 4.69) is 28.6 Å². The summed E-state index contributed by atoms with van der Waals surface area (Å²) in [7, 11) is 0. The van der Waals surface area contributed by atoms with Crippen molar-refractivity contribution >= 4 is 17.7 Å². The Labute approximate surface area is 117 Å². The van der Waals surface area contributed by atoms with E-state index in [4.69, 9.17) is 5.11 Å². The molecule has 0 saturated heterocycles. The third-order valence-electron chi connectivity index (χ3n) is 3.88. The normalized spacial score (nSPS) is 27.4. The maximum atomic E-state index is 10.7. The number of carboxylic acids is 1. The van der Waals surface area contributed by atoms with E-state index in [0.29, 0.717) is 12.0 Å². The minimum Gasteiger partial charge on any atom is -0.481 e. The Hall–Kier alpha value is -1.04. The molecule has 2 rings (SSSR count). The summed E-state index contributed by atoms with van der Waals surface area (Å²) in [6.07, 6.45) is 3.56. The number of hydrogen-bond donors (Lipinski definition) is 1. The maximum Gasteiger partial charge on any atom is 0.313 e. The smallest absolute Gasteiger partial charge is 0.313 e. The second kappa shape index (κ2) is 5.94. The average Bonchev–Trinajstić information content (AvgIpc) is 2.68. The van der Waals surface area contributed by atoms with Gasteiger partial charge >= 0.3 is 5.97 Å². The van der Waals surface area contributed by atoms with Gasteiger partial charge in [-0.3, -0.25) is 4.79 Å². The Balaban J connectivity index is 2.18. The lowest BCUT2D eigenvalue weighted by atomic mass is 9.80. The van der Waals surface area contributed by atoms with Crippen molar-refractivity contribution in [2.24, 2.45) is 11.8 Å². The molecule has 0 amide bonds. The standard InChI is InChI=1S/C13H21N3O2S/c1-8-4-5-11(9(2)6-8)16-10(3)14-15-13(16)19-7-12(17)18/h8-9,11H,4-7H2,1-3H3,(H,17,18). The fourth-order valence-corrected chi connectivity index (χ4v) is 3.75. The number of carbonyl (C=O) groups is 1. The summed E-state index contributed by atoms with van der Waals surface area (Å²) in [6.45, 7) is 6.51. The molecule has 0 spiro atoms. The zero-order chi connectivity index (χ0) is 14.0. The van der Waals surface area contributed by atoms with Crippen molar-refractivity contribution in [3.8, 4) is 0 Å². The van der Waals surface area contributed by atoms with E-state index in [-0.39, 0.29) is 5.75 Å². The molecule has 1 aromatic rings. The van der Waals surface area contributed by atoms with Crippen molar-refractivity contribution in [1.29, 1.82) is 0 Å². The van der Waals surface area contributed by atoms with Gasteiger partial charge in [0.15, 0.2) is 5.16 Å². The van der Waals surface area contributed by atoms with Crippen molar-refractivity contribution in [3.05, 3.63) is 5.82 Å². The molecule has 6 heteroatoms. The van der Waals surface area contributed by atoms with E-state index in [1.54, 1.807) is 0 Å². The molecule has 0 aromatic carbocycles. The maximum absolute atomic E-state index is 10.7. The molecule has 1 aliphatic carbocycles. The highest BCUT2D eigenvalue weighted by molar-refractivity contribution is 7.99. The highest BCUT2D eigenvalue weighted by Gasteiger charge is 2.29. The summed E-state index contributed by atoms with van der Waals surface area (Å²) >= 11 is 1.26. The number of nitrogens with zero attached hydrogens (tertiary/aromatic N) is 3. The fraction of sp³-hybridized carbons (Fsp3) is 0.769. The second-order valence-corrected chi connectivity index (χ2v) is 6.49. The van der Waals surface area contributed by atoms with Crippen molar-refractivity contribution in [3.63, 3.8) is 0 Å². The van der Waals surface area contributed by atoms with Crippen molar-refractivity contribution in [2.75, 3.05) is 5.75 Å². The van der Waals surface area contributed by atoms with E-state index in [1.165, 1.54) is 24.6 Å². The van der Waals surface area contributed by atoms with Gasteiger partial charge in [0.1, 0.15) is 5.82 Å². The van der Waals surface area contributed by atoms with Gasteiger partial charge in [-0.2, -0.15) is 0 Å². The Morgan fingerprint density at radius 1 is 1.42 bits per heavy atom. The van der Waals surface area contributed by atoms with Crippen LogP contribution in [-0.2, 0) is 4.79 Å². The van der Waals surface area contributed by atoms with Crippen LogP contribution in [0.4, 0.5) is 0 Å². The van der Waals surface area contributed by atoms with E-state index < -0.39 is 5.97 Å². The van der Waals surface area contributed by atoms with Crippen LogP contribution in [0.2, 0.25) is 0 Å². The number of aliphatic carboxylic acids is 1. The van der Waals surface area contributed by atoms with Crippen molar-refractivity contribution in [1.82, 2.24) is 14.8 Å². The predicted octanol–water partition coefficient (Wildman–Crippen LogP) is 2.76. The van der Waals surface area contributed by atoms with Gasteiger partial charge in [0.05, 0.1) is 5.75 Å². The summed E-state index contributed by atoms with van der Waals surface area (Å²) in [4.78, 5) is 10.7. The van der Waals surface area contributed by atoms with E-state index >= 15 is 0 Å². The Bertz CT molecular complexity index is 461.